The fourth-order valence-corrected chi connectivity index (χ4v) is 2.39. The normalized spacial score (nSPS) is 11.2. The molecule has 20 heavy (non-hydrogen) atoms. The maximum Gasteiger partial charge on any atom is 0.205 e. The predicted molar refractivity (Wildman–Crippen MR) is 75.1 cm³/mol. The number of nitrogens with two attached hydrogens (primary N) is 1. The van der Waals surface area contributed by atoms with E-state index in [1.165, 1.54) is 24.3 Å². The zero-order valence-corrected chi connectivity index (χ0v) is 11.2. The Bertz CT molecular complexity index is 827. The van der Waals surface area contributed by atoms with Crippen LogP contribution in [0.5, 0.6) is 0 Å². The number of hydrogen-bond donors (Lipinski definition) is 1. The number of rotatable bonds is 1. The van der Waals surface area contributed by atoms with Crippen molar-refractivity contribution >= 4 is 28.6 Å². The second kappa shape index (κ2) is 4.45. The summed E-state index contributed by atoms with van der Waals surface area (Å²) in [6, 6.07) is 6.93. The molecule has 0 aliphatic heterocycles. The maximum absolute atomic E-state index is 13.6. The molecule has 3 nitrogen and oxygen atoms in total. The van der Waals surface area contributed by atoms with E-state index in [0.29, 0.717) is 22.3 Å². The molecule has 2 N–H and O–H groups in total. The van der Waals surface area contributed by atoms with Crippen molar-refractivity contribution in [1.82, 2.24) is 9.55 Å². The SMILES string of the molecule is Cc1cc2c(cc1F)nc(N)n2-c1ccc(F)cc1Cl. The number of fused-ring (bicyclic) bond motifs is 1. The minimum atomic E-state index is -0.441. The molecule has 3 rings (SSSR count). The summed E-state index contributed by atoms with van der Waals surface area (Å²) < 4.78 is 28.3. The van der Waals surface area contributed by atoms with E-state index in [-0.39, 0.29) is 16.8 Å². The molecule has 6 heteroatoms. The van der Waals surface area contributed by atoms with Crippen molar-refractivity contribution in [2.24, 2.45) is 0 Å². The number of nitrogen functional groups attached to an aromatic ring is 1. The number of halogens is 3. The monoisotopic (exact) mass is 293 g/mol. The van der Waals surface area contributed by atoms with Crippen LogP contribution in [-0.4, -0.2) is 9.55 Å². The van der Waals surface area contributed by atoms with Gasteiger partial charge in [0.2, 0.25) is 5.95 Å². The number of hydrogen-bond acceptors (Lipinski definition) is 2. The molecule has 0 bridgehead atoms. The minimum absolute atomic E-state index is 0.165. The molecular formula is C14H10ClF2N3. The van der Waals surface area contributed by atoms with E-state index >= 15 is 0 Å². The fourth-order valence-electron chi connectivity index (χ4n) is 2.14. The van der Waals surface area contributed by atoms with Crippen LogP contribution >= 0.6 is 11.6 Å². The second-order valence-electron chi connectivity index (χ2n) is 4.49. The lowest BCUT2D eigenvalue weighted by Crippen LogP contribution is -2.01. The molecule has 0 saturated heterocycles. The highest BCUT2D eigenvalue weighted by Crippen LogP contribution is 2.29. The number of benzene rings is 2. The molecule has 0 radical (unpaired) electrons. The minimum Gasteiger partial charge on any atom is -0.369 e. The highest BCUT2D eigenvalue weighted by Gasteiger charge is 2.14. The summed E-state index contributed by atoms with van der Waals surface area (Å²) in [5.74, 6) is -0.630. The molecule has 0 amide bonds. The summed E-state index contributed by atoms with van der Waals surface area (Å²) in [5.41, 5.74) is 7.88. The van der Waals surface area contributed by atoms with E-state index in [4.69, 9.17) is 17.3 Å². The quantitative estimate of drug-likeness (QED) is 0.740. The topological polar surface area (TPSA) is 43.8 Å². The van der Waals surface area contributed by atoms with Crippen LogP contribution in [0.2, 0.25) is 5.02 Å². The van der Waals surface area contributed by atoms with Gasteiger partial charge in [0.1, 0.15) is 11.6 Å². The van der Waals surface area contributed by atoms with Crippen LogP contribution in [0.4, 0.5) is 14.7 Å². The molecule has 3 aromatic rings. The van der Waals surface area contributed by atoms with Gasteiger partial charge in [0.25, 0.3) is 0 Å². The molecule has 0 fully saturated rings. The summed E-state index contributed by atoms with van der Waals surface area (Å²) in [6.07, 6.45) is 0. The lowest BCUT2D eigenvalue weighted by Gasteiger charge is -2.09. The highest BCUT2D eigenvalue weighted by molar-refractivity contribution is 6.32. The summed E-state index contributed by atoms with van der Waals surface area (Å²) >= 11 is 6.05. The van der Waals surface area contributed by atoms with Crippen molar-refractivity contribution in [1.29, 1.82) is 0 Å². The zero-order chi connectivity index (χ0) is 14.4. The largest absolute Gasteiger partial charge is 0.369 e. The Morgan fingerprint density at radius 3 is 2.65 bits per heavy atom. The van der Waals surface area contributed by atoms with Gasteiger partial charge in [-0.25, -0.2) is 13.8 Å². The van der Waals surface area contributed by atoms with Gasteiger partial charge in [-0.3, -0.25) is 4.57 Å². The molecule has 0 saturated carbocycles. The third-order valence-electron chi connectivity index (χ3n) is 3.11. The average molecular weight is 294 g/mol. The third kappa shape index (κ3) is 1.91. The number of aromatic nitrogens is 2. The zero-order valence-electron chi connectivity index (χ0n) is 10.5. The smallest absolute Gasteiger partial charge is 0.205 e. The lowest BCUT2D eigenvalue weighted by molar-refractivity contribution is 0.620. The fraction of sp³-hybridized carbons (Fsp3) is 0.0714. The van der Waals surface area contributed by atoms with Gasteiger partial charge in [-0.1, -0.05) is 11.6 Å². The number of nitrogens with zero attached hydrogens (tertiary/aromatic N) is 2. The Kier molecular flexibility index (Phi) is 2.87. The Morgan fingerprint density at radius 2 is 1.95 bits per heavy atom. The van der Waals surface area contributed by atoms with Crippen LogP contribution in [0.3, 0.4) is 0 Å². The first-order valence-corrected chi connectivity index (χ1v) is 6.24. The molecule has 0 atom stereocenters. The number of aryl methyl sites for hydroxylation is 1. The van der Waals surface area contributed by atoms with Crippen LogP contribution in [0, 0.1) is 18.6 Å². The van der Waals surface area contributed by atoms with E-state index in [2.05, 4.69) is 4.98 Å². The summed E-state index contributed by atoms with van der Waals surface area (Å²) in [4.78, 5) is 4.10. The first-order chi connectivity index (χ1) is 9.47. The average Bonchev–Trinajstić information content (AvgIpc) is 2.66. The molecule has 2 aromatic carbocycles. The summed E-state index contributed by atoms with van der Waals surface area (Å²) in [7, 11) is 0. The van der Waals surface area contributed by atoms with E-state index in [1.54, 1.807) is 17.6 Å². The Morgan fingerprint density at radius 1 is 1.20 bits per heavy atom. The molecule has 102 valence electrons. The van der Waals surface area contributed by atoms with Gasteiger partial charge in [0.15, 0.2) is 0 Å². The highest BCUT2D eigenvalue weighted by atomic mass is 35.5. The molecule has 0 aliphatic rings. The molecule has 0 aliphatic carbocycles. The number of imidazole rings is 1. The van der Waals surface area contributed by atoms with Gasteiger partial charge in [-0.2, -0.15) is 0 Å². The van der Waals surface area contributed by atoms with Crippen LogP contribution in [0.1, 0.15) is 5.56 Å². The maximum atomic E-state index is 13.6. The van der Waals surface area contributed by atoms with Crippen LogP contribution in [0.25, 0.3) is 16.7 Å². The predicted octanol–water partition coefficient (Wildman–Crippen LogP) is 3.85. The van der Waals surface area contributed by atoms with Gasteiger partial charge in [0.05, 0.1) is 21.7 Å². The molecule has 0 unspecified atom stereocenters. The van der Waals surface area contributed by atoms with Crippen LogP contribution in [0.15, 0.2) is 30.3 Å². The van der Waals surface area contributed by atoms with E-state index in [1.807, 2.05) is 0 Å². The lowest BCUT2D eigenvalue weighted by atomic mass is 10.2. The van der Waals surface area contributed by atoms with Gasteiger partial charge in [-0.05, 0) is 36.8 Å². The molecular weight excluding hydrogens is 284 g/mol. The molecule has 1 heterocycles. The standard InChI is InChI=1S/C14H10ClF2N3/c1-7-4-13-11(6-10(7)17)19-14(18)20(13)12-3-2-8(16)5-9(12)15/h2-6H,1H3,(H2,18,19). The van der Waals surface area contributed by atoms with Crippen molar-refractivity contribution in [3.8, 4) is 5.69 Å². The summed E-state index contributed by atoms with van der Waals surface area (Å²) in [6.45, 7) is 1.65. The van der Waals surface area contributed by atoms with Crippen molar-refractivity contribution in [3.05, 3.63) is 52.6 Å². The van der Waals surface area contributed by atoms with Gasteiger partial charge in [0, 0.05) is 6.07 Å². The van der Waals surface area contributed by atoms with Crippen LogP contribution in [-0.2, 0) is 0 Å². The first kappa shape index (κ1) is 12.9. The second-order valence-corrected chi connectivity index (χ2v) is 4.90. The van der Waals surface area contributed by atoms with Gasteiger partial charge in [-0.15, -0.1) is 0 Å². The van der Waals surface area contributed by atoms with E-state index in [0.717, 1.165) is 0 Å². The summed E-state index contributed by atoms with van der Waals surface area (Å²) in [5, 5.41) is 0.206. The Labute approximate surface area is 118 Å². The van der Waals surface area contributed by atoms with Gasteiger partial charge < -0.3 is 5.73 Å². The first-order valence-electron chi connectivity index (χ1n) is 5.87. The van der Waals surface area contributed by atoms with Gasteiger partial charge >= 0.3 is 0 Å². The Balaban J connectivity index is 2.35. The van der Waals surface area contributed by atoms with Crippen molar-refractivity contribution in [2.45, 2.75) is 6.92 Å². The van der Waals surface area contributed by atoms with E-state index < -0.39 is 5.82 Å². The molecule has 1 aromatic heterocycles. The van der Waals surface area contributed by atoms with Crippen molar-refractivity contribution in [2.75, 3.05) is 5.73 Å². The number of anilines is 1. The van der Waals surface area contributed by atoms with Crippen molar-refractivity contribution in [3.63, 3.8) is 0 Å². The third-order valence-corrected chi connectivity index (χ3v) is 3.41. The Hall–Kier alpha value is -2.14. The van der Waals surface area contributed by atoms with Crippen molar-refractivity contribution < 1.29 is 8.78 Å². The molecule has 0 spiro atoms. The van der Waals surface area contributed by atoms with E-state index in [9.17, 15) is 8.78 Å². The van der Waals surface area contributed by atoms with Crippen LogP contribution < -0.4 is 5.73 Å².